The molecule has 2 unspecified atom stereocenters. The standard InChI is InChI=1S/C17H27N3O/c1-14(15-8-4-2-5-9-15)12-19-13-16(18)17(21)20-10-6-3-7-11-20/h2,4-5,8-9,14,16,19H,3,6-7,10-13,18H2,1H3. The van der Waals surface area contributed by atoms with Crippen molar-refractivity contribution in [1.29, 1.82) is 0 Å². The molecule has 1 aromatic rings. The Morgan fingerprint density at radius 2 is 1.86 bits per heavy atom. The Morgan fingerprint density at radius 1 is 1.19 bits per heavy atom. The summed E-state index contributed by atoms with van der Waals surface area (Å²) in [6.45, 7) is 5.30. The van der Waals surface area contributed by atoms with Gasteiger partial charge in [-0.3, -0.25) is 4.79 Å². The van der Waals surface area contributed by atoms with Gasteiger partial charge in [-0.2, -0.15) is 0 Å². The lowest BCUT2D eigenvalue weighted by Gasteiger charge is -2.29. The highest BCUT2D eigenvalue weighted by atomic mass is 16.2. The molecule has 1 heterocycles. The van der Waals surface area contributed by atoms with E-state index in [0.717, 1.165) is 32.5 Å². The Hall–Kier alpha value is -1.39. The summed E-state index contributed by atoms with van der Waals surface area (Å²) in [6.07, 6.45) is 3.44. The second-order valence-electron chi connectivity index (χ2n) is 5.96. The average molecular weight is 289 g/mol. The van der Waals surface area contributed by atoms with E-state index in [2.05, 4.69) is 36.5 Å². The summed E-state index contributed by atoms with van der Waals surface area (Å²) in [5.41, 5.74) is 7.33. The molecule has 21 heavy (non-hydrogen) atoms. The van der Waals surface area contributed by atoms with Gasteiger partial charge in [0, 0.05) is 26.2 Å². The quantitative estimate of drug-likeness (QED) is 0.838. The zero-order chi connectivity index (χ0) is 15.1. The van der Waals surface area contributed by atoms with Crippen LogP contribution in [0, 0.1) is 0 Å². The SMILES string of the molecule is CC(CNCC(N)C(=O)N1CCCCC1)c1ccccc1. The molecular formula is C17H27N3O. The third-order valence-corrected chi connectivity index (χ3v) is 4.17. The fourth-order valence-corrected chi connectivity index (χ4v) is 2.79. The summed E-state index contributed by atoms with van der Waals surface area (Å²) in [5.74, 6) is 0.512. The molecule has 0 spiro atoms. The van der Waals surface area contributed by atoms with Gasteiger partial charge in [0.2, 0.25) is 5.91 Å². The Morgan fingerprint density at radius 3 is 2.52 bits per heavy atom. The minimum absolute atomic E-state index is 0.0922. The van der Waals surface area contributed by atoms with Crippen LogP contribution in [0.3, 0.4) is 0 Å². The number of nitrogens with one attached hydrogen (secondary N) is 1. The van der Waals surface area contributed by atoms with Crippen molar-refractivity contribution in [3.63, 3.8) is 0 Å². The molecule has 1 aliphatic heterocycles. The predicted molar refractivity (Wildman–Crippen MR) is 86.1 cm³/mol. The smallest absolute Gasteiger partial charge is 0.240 e. The molecule has 0 aliphatic carbocycles. The van der Waals surface area contributed by atoms with Gasteiger partial charge in [0.05, 0.1) is 6.04 Å². The van der Waals surface area contributed by atoms with Crippen molar-refractivity contribution in [2.75, 3.05) is 26.2 Å². The Balaban J connectivity index is 1.71. The second-order valence-corrected chi connectivity index (χ2v) is 5.96. The van der Waals surface area contributed by atoms with Gasteiger partial charge in [-0.25, -0.2) is 0 Å². The molecule has 1 fully saturated rings. The predicted octanol–water partition coefficient (Wildman–Crippen LogP) is 1.72. The lowest BCUT2D eigenvalue weighted by Crippen LogP contribution is -2.50. The molecule has 2 atom stereocenters. The molecular weight excluding hydrogens is 262 g/mol. The number of nitrogens with two attached hydrogens (primary N) is 1. The zero-order valence-electron chi connectivity index (χ0n) is 12.9. The maximum atomic E-state index is 12.2. The highest BCUT2D eigenvalue weighted by Crippen LogP contribution is 2.13. The molecule has 0 aromatic heterocycles. The van der Waals surface area contributed by atoms with Crippen LogP contribution >= 0.6 is 0 Å². The van der Waals surface area contributed by atoms with Crippen molar-refractivity contribution < 1.29 is 4.79 Å². The van der Waals surface area contributed by atoms with Crippen LogP contribution in [0.4, 0.5) is 0 Å². The van der Waals surface area contributed by atoms with E-state index in [1.54, 1.807) is 0 Å². The molecule has 2 rings (SSSR count). The molecule has 0 bridgehead atoms. The number of likely N-dealkylation sites (tertiary alicyclic amines) is 1. The molecule has 0 radical (unpaired) electrons. The summed E-state index contributed by atoms with van der Waals surface area (Å²) < 4.78 is 0. The monoisotopic (exact) mass is 289 g/mol. The maximum Gasteiger partial charge on any atom is 0.240 e. The van der Waals surface area contributed by atoms with E-state index in [1.807, 2.05) is 11.0 Å². The molecule has 1 saturated heterocycles. The summed E-state index contributed by atoms with van der Waals surface area (Å²) in [5, 5.41) is 3.33. The first kappa shape index (κ1) is 16.0. The molecule has 0 saturated carbocycles. The number of hydrogen-bond donors (Lipinski definition) is 2. The summed E-state index contributed by atoms with van der Waals surface area (Å²) in [7, 11) is 0. The van der Waals surface area contributed by atoms with E-state index in [0.29, 0.717) is 12.5 Å². The van der Waals surface area contributed by atoms with E-state index in [4.69, 9.17) is 5.73 Å². The van der Waals surface area contributed by atoms with Gasteiger partial charge in [0.1, 0.15) is 0 Å². The summed E-state index contributed by atoms with van der Waals surface area (Å²) in [4.78, 5) is 14.1. The van der Waals surface area contributed by atoms with Crippen LogP contribution in [0.15, 0.2) is 30.3 Å². The largest absolute Gasteiger partial charge is 0.341 e. The third-order valence-electron chi connectivity index (χ3n) is 4.17. The van der Waals surface area contributed by atoms with Crippen LogP contribution in [-0.4, -0.2) is 43.0 Å². The van der Waals surface area contributed by atoms with Crippen LogP contribution in [0.1, 0.15) is 37.7 Å². The van der Waals surface area contributed by atoms with Gasteiger partial charge >= 0.3 is 0 Å². The van der Waals surface area contributed by atoms with Crippen molar-refractivity contribution in [1.82, 2.24) is 10.2 Å². The van der Waals surface area contributed by atoms with Crippen LogP contribution < -0.4 is 11.1 Å². The third kappa shape index (κ3) is 4.83. The first-order chi connectivity index (χ1) is 10.2. The van der Waals surface area contributed by atoms with Gasteiger partial charge in [-0.05, 0) is 30.7 Å². The van der Waals surface area contributed by atoms with Crippen molar-refractivity contribution in [3.8, 4) is 0 Å². The van der Waals surface area contributed by atoms with E-state index < -0.39 is 6.04 Å². The summed E-state index contributed by atoms with van der Waals surface area (Å²) in [6, 6.07) is 9.97. The fraction of sp³-hybridized carbons (Fsp3) is 0.588. The van der Waals surface area contributed by atoms with E-state index >= 15 is 0 Å². The first-order valence-electron chi connectivity index (χ1n) is 7.98. The summed E-state index contributed by atoms with van der Waals surface area (Å²) >= 11 is 0. The minimum Gasteiger partial charge on any atom is -0.341 e. The van der Waals surface area contributed by atoms with E-state index in [-0.39, 0.29) is 5.91 Å². The zero-order valence-corrected chi connectivity index (χ0v) is 12.9. The van der Waals surface area contributed by atoms with E-state index in [1.165, 1.54) is 12.0 Å². The fourth-order valence-electron chi connectivity index (χ4n) is 2.79. The van der Waals surface area contributed by atoms with Crippen LogP contribution in [0.2, 0.25) is 0 Å². The topological polar surface area (TPSA) is 58.4 Å². The number of nitrogens with zero attached hydrogens (tertiary/aromatic N) is 1. The number of benzene rings is 1. The molecule has 1 amide bonds. The number of rotatable bonds is 6. The van der Waals surface area contributed by atoms with Crippen LogP contribution in [0.5, 0.6) is 0 Å². The molecule has 3 N–H and O–H groups in total. The number of carbonyl (C=O) groups excluding carboxylic acids is 1. The molecule has 116 valence electrons. The molecule has 4 heteroatoms. The van der Waals surface area contributed by atoms with Gasteiger partial charge < -0.3 is 16.0 Å². The highest BCUT2D eigenvalue weighted by Gasteiger charge is 2.22. The average Bonchev–Trinajstić information content (AvgIpc) is 2.55. The van der Waals surface area contributed by atoms with Crippen molar-refractivity contribution in [2.45, 2.75) is 38.1 Å². The normalized spacial score (nSPS) is 18.3. The second kappa shape index (κ2) is 8.15. The Labute approximate surface area is 127 Å². The molecule has 1 aliphatic rings. The van der Waals surface area contributed by atoms with Gasteiger partial charge in [0.15, 0.2) is 0 Å². The molecule has 1 aromatic carbocycles. The van der Waals surface area contributed by atoms with Gasteiger partial charge in [-0.1, -0.05) is 37.3 Å². The first-order valence-corrected chi connectivity index (χ1v) is 7.98. The van der Waals surface area contributed by atoms with Crippen LogP contribution in [-0.2, 0) is 4.79 Å². The van der Waals surface area contributed by atoms with Crippen molar-refractivity contribution in [3.05, 3.63) is 35.9 Å². The number of piperidine rings is 1. The van der Waals surface area contributed by atoms with Crippen molar-refractivity contribution >= 4 is 5.91 Å². The highest BCUT2D eigenvalue weighted by molar-refractivity contribution is 5.82. The number of amides is 1. The Kier molecular flexibility index (Phi) is 6.21. The lowest BCUT2D eigenvalue weighted by molar-refractivity contribution is -0.133. The number of hydrogen-bond acceptors (Lipinski definition) is 3. The maximum absolute atomic E-state index is 12.2. The number of carbonyl (C=O) groups is 1. The van der Waals surface area contributed by atoms with Crippen molar-refractivity contribution in [2.24, 2.45) is 5.73 Å². The van der Waals surface area contributed by atoms with E-state index in [9.17, 15) is 4.79 Å². The van der Waals surface area contributed by atoms with Gasteiger partial charge in [0.25, 0.3) is 0 Å². The molecule has 4 nitrogen and oxygen atoms in total. The van der Waals surface area contributed by atoms with Gasteiger partial charge in [-0.15, -0.1) is 0 Å². The Bertz CT molecular complexity index is 429. The lowest BCUT2D eigenvalue weighted by atomic mass is 10.0. The van der Waals surface area contributed by atoms with Crippen LogP contribution in [0.25, 0.3) is 0 Å². The minimum atomic E-state index is -0.425.